The van der Waals surface area contributed by atoms with E-state index in [0.29, 0.717) is 25.9 Å². The average Bonchev–Trinajstić information content (AvgIpc) is 2.48. The Balaban J connectivity index is 2.01. The minimum absolute atomic E-state index is 0.111. The molecule has 1 saturated heterocycles. The number of carbonyl (C=O) groups excluding carboxylic acids is 1. The van der Waals surface area contributed by atoms with Gasteiger partial charge in [-0.1, -0.05) is 25.1 Å². The van der Waals surface area contributed by atoms with Crippen molar-refractivity contribution >= 4 is 5.91 Å². The predicted octanol–water partition coefficient (Wildman–Crippen LogP) is 1.86. The fourth-order valence-corrected chi connectivity index (χ4v) is 2.77. The van der Waals surface area contributed by atoms with Crippen molar-refractivity contribution in [2.75, 3.05) is 20.2 Å². The van der Waals surface area contributed by atoms with Crippen LogP contribution in [0.4, 0.5) is 0 Å². The van der Waals surface area contributed by atoms with Crippen molar-refractivity contribution in [2.24, 2.45) is 5.92 Å². The molecule has 2 rings (SSSR count). The average molecular weight is 277 g/mol. The maximum Gasteiger partial charge on any atom is 0.227 e. The molecule has 2 unspecified atom stereocenters. The topological polar surface area (TPSA) is 49.8 Å². The van der Waals surface area contributed by atoms with Crippen LogP contribution in [0.1, 0.15) is 25.3 Å². The van der Waals surface area contributed by atoms with E-state index in [1.165, 1.54) is 0 Å². The number of aliphatic hydroxyl groups excluding tert-OH is 1. The Morgan fingerprint density at radius 2 is 2.20 bits per heavy atom. The van der Waals surface area contributed by atoms with E-state index in [1.807, 2.05) is 29.2 Å². The van der Waals surface area contributed by atoms with E-state index in [2.05, 4.69) is 6.92 Å². The number of hydrogen-bond acceptors (Lipinski definition) is 3. The molecule has 1 heterocycles. The van der Waals surface area contributed by atoms with E-state index in [0.717, 1.165) is 17.7 Å². The van der Waals surface area contributed by atoms with Crippen LogP contribution in [0.3, 0.4) is 0 Å². The molecule has 0 aliphatic carbocycles. The number of para-hydroxylation sites is 1. The molecule has 1 N–H and O–H groups in total. The van der Waals surface area contributed by atoms with E-state index in [-0.39, 0.29) is 17.9 Å². The fourth-order valence-electron chi connectivity index (χ4n) is 2.77. The number of benzene rings is 1. The largest absolute Gasteiger partial charge is 0.496 e. The van der Waals surface area contributed by atoms with Gasteiger partial charge in [0.05, 0.1) is 19.6 Å². The second kappa shape index (κ2) is 6.75. The number of rotatable bonds is 4. The number of aliphatic hydroxyl groups is 1. The van der Waals surface area contributed by atoms with Gasteiger partial charge in [-0.05, 0) is 18.9 Å². The number of nitrogens with zero attached hydrogens (tertiary/aromatic N) is 1. The Labute approximate surface area is 120 Å². The van der Waals surface area contributed by atoms with Gasteiger partial charge in [-0.15, -0.1) is 0 Å². The fraction of sp³-hybridized carbons (Fsp3) is 0.562. The van der Waals surface area contributed by atoms with Crippen molar-refractivity contribution < 1.29 is 14.6 Å². The molecular formula is C16H23NO3. The van der Waals surface area contributed by atoms with Gasteiger partial charge in [-0.3, -0.25) is 4.79 Å². The number of piperidine rings is 1. The molecule has 20 heavy (non-hydrogen) atoms. The Morgan fingerprint density at radius 3 is 2.90 bits per heavy atom. The monoisotopic (exact) mass is 277 g/mol. The molecule has 1 amide bonds. The third kappa shape index (κ3) is 3.31. The van der Waals surface area contributed by atoms with Crippen molar-refractivity contribution in [3.8, 4) is 5.75 Å². The van der Waals surface area contributed by atoms with Crippen LogP contribution in [0.25, 0.3) is 0 Å². The van der Waals surface area contributed by atoms with E-state index >= 15 is 0 Å². The summed E-state index contributed by atoms with van der Waals surface area (Å²) < 4.78 is 5.28. The Morgan fingerprint density at radius 1 is 1.45 bits per heavy atom. The second-order valence-corrected chi connectivity index (χ2v) is 5.35. The number of ether oxygens (including phenoxy) is 1. The summed E-state index contributed by atoms with van der Waals surface area (Å²) in [4.78, 5) is 14.3. The molecule has 0 saturated carbocycles. The Bertz CT molecular complexity index is 461. The van der Waals surface area contributed by atoms with Gasteiger partial charge in [0.15, 0.2) is 0 Å². The summed E-state index contributed by atoms with van der Waals surface area (Å²) in [5.74, 6) is 1.06. The van der Waals surface area contributed by atoms with E-state index < -0.39 is 0 Å². The molecule has 4 nitrogen and oxygen atoms in total. The first-order chi connectivity index (χ1) is 9.65. The summed E-state index contributed by atoms with van der Waals surface area (Å²) in [7, 11) is 1.62. The molecule has 1 aromatic rings. The lowest BCUT2D eigenvalue weighted by molar-refractivity contribution is -0.134. The maximum atomic E-state index is 12.4. The molecule has 0 radical (unpaired) electrons. The van der Waals surface area contributed by atoms with Gasteiger partial charge in [-0.2, -0.15) is 0 Å². The summed E-state index contributed by atoms with van der Waals surface area (Å²) in [5, 5.41) is 9.88. The zero-order chi connectivity index (χ0) is 14.5. The highest BCUT2D eigenvalue weighted by Crippen LogP contribution is 2.23. The maximum absolute atomic E-state index is 12.4. The summed E-state index contributed by atoms with van der Waals surface area (Å²) in [5.41, 5.74) is 0.916. The molecule has 1 aliphatic rings. The first kappa shape index (κ1) is 14.9. The van der Waals surface area contributed by atoms with Gasteiger partial charge in [0.25, 0.3) is 0 Å². The minimum atomic E-state index is -0.268. The van der Waals surface area contributed by atoms with Crippen LogP contribution in [0.2, 0.25) is 0 Å². The summed E-state index contributed by atoms with van der Waals surface area (Å²) in [6.45, 7) is 3.36. The summed E-state index contributed by atoms with van der Waals surface area (Å²) >= 11 is 0. The molecule has 1 aliphatic heterocycles. The van der Waals surface area contributed by atoms with Gasteiger partial charge in [0.1, 0.15) is 5.75 Å². The van der Waals surface area contributed by atoms with Crippen LogP contribution < -0.4 is 4.74 Å². The van der Waals surface area contributed by atoms with Gasteiger partial charge < -0.3 is 14.7 Å². The molecule has 4 heteroatoms. The third-order valence-corrected chi connectivity index (χ3v) is 4.11. The van der Waals surface area contributed by atoms with Crippen molar-refractivity contribution in [3.63, 3.8) is 0 Å². The van der Waals surface area contributed by atoms with E-state index in [4.69, 9.17) is 4.74 Å². The molecular weight excluding hydrogens is 254 g/mol. The highest BCUT2D eigenvalue weighted by Gasteiger charge is 2.29. The van der Waals surface area contributed by atoms with Crippen LogP contribution in [0.15, 0.2) is 24.3 Å². The van der Waals surface area contributed by atoms with Crippen LogP contribution >= 0.6 is 0 Å². The second-order valence-electron chi connectivity index (χ2n) is 5.35. The lowest BCUT2D eigenvalue weighted by atomic mass is 9.92. The third-order valence-electron chi connectivity index (χ3n) is 4.11. The van der Waals surface area contributed by atoms with Crippen LogP contribution in [-0.2, 0) is 11.2 Å². The number of hydrogen-bond donors (Lipinski definition) is 1. The zero-order valence-corrected chi connectivity index (χ0v) is 12.2. The molecule has 2 atom stereocenters. The van der Waals surface area contributed by atoms with Crippen molar-refractivity contribution in [1.82, 2.24) is 4.90 Å². The van der Waals surface area contributed by atoms with E-state index in [1.54, 1.807) is 7.11 Å². The zero-order valence-electron chi connectivity index (χ0n) is 12.2. The van der Waals surface area contributed by atoms with Gasteiger partial charge >= 0.3 is 0 Å². The van der Waals surface area contributed by atoms with Crippen LogP contribution in [0.5, 0.6) is 5.75 Å². The molecule has 1 aromatic carbocycles. The highest BCUT2D eigenvalue weighted by molar-refractivity contribution is 5.79. The lowest BCUT2D eigenvalue weighted by Crippen LogP contribution is -2.46. The number of amides is 1. The highest BCUT2D eigenvalue weighted by atomic mass is 16.5. The normalized spacial score (nSPS) is 22.6. The quantitative estimate of drug-likeness (QED) is 0.914. The Kier molecular flexibility index (Phi) is 5.01. The predicted molar refractivity (Wildman–Crippen MR) is 77.7 cm³/mol. The van der Waals surface area contributed by atoms with Crippen LogP contribution in [-0.4, -0.2) is 42.2 Å². The molecule has 0 bridgehead atoms. The summed E-state index contributed by atoms with van der Waals surface area (Å²) in [6.07, 6.45) is 1.67. The van der Waals surface area contributed by atoms with Gasteiger partial charge in [0.2, 0.25) is 5.91 Å². The number of carbonyl (C=O) groups is 1. The van der Waals surface area contributed by atoms with Crippen molar-refractivity contribution in [3.05, 3.63) is 29.8 Å². The lowest BCUT2D eigenvalue weighted by Gasteiger charge is -2.36. The SMILES string of the molecule is CCC1CN(C(=O)Cc2ccccc2OC)CCC1O. The Hall–Kier alpha value is -1.55. The van der Waals surface area contributed by atoms with Crippen LogP contribution in [0, 0.1) is 5.92 Å². The van der Waals surface area contributed by atoms with E-state index in [9.17, 15) is 9.90 Å². The first-order valence-corrected chi connectivity index (χ1v) is 7.23. The molecule has 1 fully saturated rings. The van der Waals surface area contributed by atoms with Gasteiger partial charge in [-0.25, -0.2) is 0 Å². The smallest absolute Gasteiger partial charge is 0.227 e. The molecule has 0 spiro atoms. The van der Waals surface area contributed by atoms with Crippen molar-refractivity contribution in [1.29, 1.82) is 0 Å². The van der Waals surface area contributed by atoms with Crippen molar-refractivity contribution in [2.45, 2.75) is 32.3 Å². The summed E-state index contributed by atoms with van der Waals surface area (Å²) in [6, 6.07) is 7.61. The first-order valence-electron chi connectivity index (χ1n) is 7.23. The van der Waals surface area contributed by atoms with Gasteiger partial charge in [0, 0.05) is 24.6 Å². The number of methoxy groups -OCH3 is 1. The standard InChI is InChI=1S/C16H23NO3/c1-3-12-11-17(9-8-14(12)18)16(19)10-13-6-4-5-7-15(13)20-2/h4-7,12,14,18H,3,8-11H2,1-2H3. The molecule has 0 aromatic heterocycles. The minimum Gasteiger partial charge on any atom is -0.496 e. The number of likely N-dealkylation sites (tertiary alicyclic amines) is 1. The molecule has 110 valence electrons.